The lowest BCUT2D eigenvalue weighted by Crippen LogP contribution is -1.83. The maximum absolute atomic E-state index is 9.09. The van der Waals surface area contributed by atoms with Crippen molar-refractivity contribution in [2.75, 3.05) is 0 Å². The van der Waals surface area contributed by atoms with E-state index in [9.17, 15) is 0 Å². The summed E-state index contributed by atoms with van der Waals surface area (Å²) in [5.41, 5.74) is 4.06. The molecule has 0 amide bonds. The molecule has 0 saturated carbocycles. The molecular formula is C16H17Cl5O2S. The molecular weight excluding hydrogens is 434 g/mol. The largest absolute Gasteiger partial charge is 0.392 e. The maximum Gasteiger partial charge on any atom is 0.211 e. The Balaban J connectivity index is 0.000000363. The first kappa shape index (κ1) is 24.0. The summed E-state index contributed by atoms with van der Waals surface area (Å²) in [5.74, 6) is 0.528. The van der Waals surface area contributed by atoms with Crippen LogP contribution < -0.4 is 0 Å². The highest BCUT2D eigenvalue weighted by atomic mass is 36.0. The quantitative estimate of drug-likeness (QED) is 0.415. The summed E-state index contributed by atoms with van der Waals surface area (Å²) in [5, 5.41) is 10.2. The zero-order valence-electron chi connectivity index (χ0n) is 13.0. The van der Waals surface area contributed by atoms with Crippen LogP contribution in [0, 0.1) is 13.8 Å². The van der Waals surface area contributed by atoms with Gasteiger partial charge < -0.3 is 5.11 Å². The predicted octanol–water partition coefficient (Wildman–Crippen LogP) is 6.57. The van der Waals surface area contributed by atoms with E-state index in [1.54, 1.807) is 6.07 Å². The average Bonchev–Trinajstić information content (AvgIpc) is 2.53. The van der Waals surface area contributed by atoms with Gasteiger partial charge in [-0.3, -0.25) is 0 Å². The van der Waals surface area contributed by atoms with Crippen LogP contribution in [0.25, 0.3) is 0 Å². The van der Waals surface area contributed by atoms with Gasteiger partial charge in [0.15, 0.2) is 0 Å². The molecule has 0 aliphatic carbocycles. The molecule has 2 aromatic rings. The van der Waals surface area contributed by atoms with E-state index in [4.69, 9.17) is 44.1 Å². The fourth-order valence-corrected chi connectivity index (χ4v) is 2.03. The summed E-state index contributed by atoms with van der Waals surface area (Å²) in [6.07, 6.45) is 0. The fourth-order valence-electron chi connectivity index (χ4n) is 1.45. The van der Waals surface area contributed by atoms with E-state index >= 15 is 0 Å². The van der Waals surface area contributed by atoms with Crippen LogP contribution in [0.2, 0.25) is 10.0 Å². The molecule has 134 valence electrons. The number of alkyl halides is 1. The Kier molecular flexibility index (Phi) is 13.2. The first-order valence-corrected chi connectivity index (χ1v) is 10.7. The third-order valence-corrected chi connectivity index (χ3v) is 3.93. The molecule has 0 atom stereocenters. The second-order valence-electron chi connectivity index (χ2n) is 4.64. The highest BCUT2D eigenvalue weighted by molar-refractivity contribution is 8.26. The third kappa shape index (κ3) is 10.8. The fraction of sp³-hybridized carbons (Fsp3) is 0.250. The topological polar surface area (TPSA) is 37.3 Å². The normalized spacial score (nSPS) is 9.71. The van der Waals surface area contributed by atoms with Crippen molar-refractivity contribution in [3.8, 4) is 0 Å². The summed E-state index contributed by atoms with van der Waals surface area (Å²) in [6, 6.07) is 11.4. The van der Waals surface area contributed by atoms with Gasteiger partial charge in [-0.15, -0.1) is 11.6 Å². The van der Waals surface area contributed by atoms with Crippen LogP contribution in [-0.2, 0) is 21.7 Å². The van der Waals surface area contributed by atoms with Crippen molar-refractivity contribution in [1.82, 2.24) is 0 Å². The first-order valence-electron chi connectivity index (χ1n) is 6.62. The van der Waals surface area contributed by atoms with Crippen LogP contribution in [-0.4, -0.2) is 9.32 Å². The molecule has 0 heterocycles. The summed E-state index contributed by atoms with van der Waals surface area (Å²) < 4.78 is 9.09. The Bertz CT molecular complexity index is 609. The second kappa shape index (κ2) is 13.2. The minimum atomic E-state index is -1.67. The Morgan fingerprint density at radius 3 is 1.62 bits per heavy atom. The molecule has 24 heavy (non-hydrogen) atoms. The van der Waals surface area contributed by atoms with E-state index < -0.39 is 9.23 Å². The average molecular weight is 451 g/mol. The molecule has 2 rings (SSSR count). The van der Waals surface area contributed by atoms with Gasteiger partial charge in [0.1, 0.15) is 0 Å². The molecule has 0 unspecified atom stereocenters. The Morgan fingerprint density at radius 2 is 1.29 bits per heavy atom. The van der Waals surface area contributed by atoms with E-state index in [0.717, 1.165) is 27.3 Å². The molecule has 0 radical (unpaired) electrons. The van der Waals surface area contributed by atoms with Gasteiger partial charge in [-0.25, -0.2) is 4.21 Å². The van der Waals surface area contributed by atoms with Crippen molar-refractivity contribution in [3.63, 3.8) is 0 Å². The number of aliphatic hydroxyl groups is 1. The number of halogens is 5. The van der Waals surface area contributed by atoms with E-state index in [1.165, 1.54) is 0 Å². The Labute approximate surface area is 169 Å². The molecule has 2 nitrogen and oxygen atoms in total. The SMILES string of the molecule is Cc1ccc(CCl)cc1Cl.Cc1ccc(CO)cc1Cl.O=S(Cl)Cl. The monoisotopic (exact) mass is 448 g/mol. The minimum absolute atomic E-state index is 0.0556. The van der Waals surface area contributed by atoms with Gasteiger partial charge in [-0.1, -0.05) is 47.5 Å². The van der Waals surface area contributed by atoms with Gasteiger partial charge in [0.25, 0.3) is 0 Å². The first-order chi connectivity index (χ1) is 11.2. The summed E-state index contributed by atoms with van der Waals surface area (Å²) in [4.78, 5) is 0. The van der Waals surface area contributed by atoms with E-state index in [-0.39, 0.29) is 6.61 Å². The summed E-state index contributed by atoms with van der Waals surface area (Å²) in [6.45, 7) is 3.96. The molecule has 0 bridgehead atoms. The van der Waals surface area contributed by atoms with Crippen LogP contribution in [0.3, 0.4) is 0 Å². The van der Waals surface area contributed by atoms with Crippen molar-refractivity contribution >= 4 is 65.4 Å². The van der Waals surface area contributed by atoms with Gasteiger partial charge in [-0.2, -0.15) is 0 Å². The molecule has 1 N–H and O–H groups in total. The van der Waals surface area contributed by atoms with Crippen LogP contribution >= 0.6 is 56.2 Å². The number of rotatable bonds is 2. The van der Waals surface area contributed by atoms with Crippen molar-refractivity contribution < 1.29 is 9.32 Å². The van der Waals surface area contributed by atoms with Crippen LogP contribution in [0.15, 0.2) is 36.4 Å². The molecule has 0 fully saturated rings. The number of hydrogen-bond donors (Lipinski definition) is 1. The lowest BCUT2D eigenvalue weighted by atomic mass is 10.2. The number of aliphatic hydroxyl groups excluding tert-OH is 1. The zero-order chi connectivity index (χ0) is 18.7. The highest BCUT2D eigenvalue weighted by Gasteiger charge is 1.95. The summed E-state index contributed by atoms with van der Waals surface area (Å²) >= 11 is 17.2. The Morgan fingerprint density at radius 1 is 0.917 bits per heavy atom. The molecule has 0 spiro atoms. The zero-order valence-corrected chi connectivity index (χ0v) is 17.6. The number of benzene rings is 2. The van der Waals surface area contributed by atoms with Crippen molar-refractivity contribution in [1.29, 1.82) is 0 Å². The molecule has 0 aromatic heterocycles. The van der Waals surface area contributed by atoms with Gasteiger partial charge in [-0.05, 0) is 48.2 Å². The second-order valence-corrected chi connectivity index (χ2v) is 8.25. The Hall–Kier alpha value is 0. The van der Waals surface area contributed by atoms with E-state index in [0.29, 0.717) is 10.9 Å². The molecule has 8 heteroatoms. The van der Waals surface area contributed by atoms with Gasteiger partial charge in [0, 0.05) is 37.3 Å². The van der Waals surface area contributed by atoms with Crippen LogP contribution in [0.1, 0.15) is 22.3 Å². The predicted molar refractivity (Wildman–Crippen MR) is 108 cm³/mol. The van der Waals surface area contributed by atoms with Crippen LogP contribution in [0.5, 0.6) is 0 Å². The number of hydrogen-bond acceptors (Lipinski definition) is 2. The highest BCUT2D eigenvalue weighted by Crippen LogP contribution is 2.17. The van der Waals surface area contributed by atoms with Crippen LogP contribution in [0.4, 0.5) is 0 Å². The maximum atomic E-state index is 9.09. The summed E-state index contributed by atoms with van der Waals surface area (Å²) in [7, 11) is 7.36. The van der Waals surface area contributed by atoms with Gasteiger partial charge in [0.05, 0.1) is 6.61 Å². The third-order valence-electron chi connectivity index (χ3n) is 2.81. The van der Waals surface area contributed by atoms with Gasteiger partial charge in [0.2, 0.25) is 9.23 Å². The van der Waals surface area contributed by atoms with Crippen molar-refractivity contribution in [2.45, 2.75) is 26.3 Å². The number of aryl methyl sites for hydroxylation is 2. The van der Waals surface area contributed by atoms with E-state index in [1.807, 2.05) is 44.2 Å². The molecule has 0 saturated heterocycles. The molecule has 0 aliphatic rings. The van der Waals surface area contributed by atoms with Gasteiger partial charge >= 0.3 is 0 Å². The van der Waals surface area contributed by atoms with E-state index in [2.05, 4.69) is 21.4 Å². The smallest absolute Gasteiger partial charge is 0.211 e. The molecule has 2 aromatic carbocycles. The lowest BCUT2D eigenvalue weighted by Gasteiger charge is -1.98. The van der Waals surface area contributed by atoms with Crippen molar-refractivity contribution in [3.05, 3.63) is 68.7 Å². The van der Waals surface area contributed by atoms with Crippen molar-refractivity contribution in [2.24, 2.45) is 0 Å². The minimum Gasteiger partial charge on any atom is -0.392 e. The standard InChI is InChI=1S/C8H8Cl2.C8H9ClO.Cl2OS/c1-6-2-3-7(5-9)4-8(6)10;1-6-2-3-7(5-10)4-8(6)9;1-4(2)3/h2-4H,5H2,1H3;2-4,10H,5H2,1H3;. The lowest BCUT2D eigenvalue weighted by molar-refractivity contribution is 0.282. The molecule has 0 aliphatic heterocycles.